The van der Waals surface area contributed by atoms with Crippen molar-refractivity contribution in [3.05, 3.63) is 35.9 Å². The second-order valence-electron chi connectivity index (χ2n) is 3.75. The van der Waals surface area contributed by atoms with Crippen molar-refractivity contribution in [2.75, 3.05) is 13.7 Å². The highest BCUT2D eigenvalue weighted by Crippen LogP contribution is 2.12. The van der Waals surface area contributed by atoms with Crippen molar-refractivity contribution in [2.45, 2.75) is 13.8 Å². The standard InChI is InChI=1S/C14H18N2O3/c1-4-15-14(17)19-16-11(2)5-6-12-7-9-13(18-3)10-8-12/h5-10H,4H2,1-3H3,(H,15,17). The van der Waals surface area contributed by atoms with Crippen LogP contribution in [-0.2, 0) is 4.84 Å². The Bertz CT molecular complexity index is 464. The Morgan fingerprint density at radius 2 is 2.05 bits per heavy atom. The summed E-state index contributed by atoms with van der Waals surface area (Å²) in [6.45, 7) is 4.07. The molecule has 5 heteroatoms. The van der Waals surface area contributed by atoms with Crippen LogP contribution in [0, 0.1) is 0 Å². The van der Waals surface area contributed by atoms with Crippen LogP contribution in [0.1, 0.15) is 19.4 Å². The minimum Gasteiger partial charge on any atom is -0.497 e. The molecule has 0 fully saturated rings. The Balaban J connectivity index is 2.54. The van der Waals surface area contributed by atoms with Gasteiger partial charge in [-0.25, -0.2) is 4.79 Å². The van der Waals surface area contributed by atoms with Gasteiger partial charge in [0.2, 0.25) is 0 Å². The van der Waals surface area contributed by atoms with Crippen molar-refractivity contribution in [1.82, 2.24) is 5.32 Å². The van der Waals surface area contributed by atoms with E-state index in [0.717, 1.165) is 11.3 Å². The van der Waals surface area contributed by atoms with Crippen LogP contribution < -0.4 is 10.1 Å². The SMILES string of the molecule is CCNC(=O)ON=C(C)C=Cc1ccc(OC)cc1. The Kier molecular flexibility index (Phi) is 6.15. The second-order valence-corrected chi connectivity index (χ2v) is 3.75. The summed E-state index contributed by atoms with van der Waals surface area (Å²) < 4.78 is 5.07. The lowest BCUT2D eigenvalue weighted by atomic mass is 10.2. The van der Waals surface area contributed by atoms with Crippen molar-refractivity contribution in [3.8, 4) is 5.75 Å². The third-order valence-electron chi connectivity index (χ3n) is 2.23. The molecule has 1 rings (SSSR count). The highest BCUT2D eigenvalue weighted by Gasteiger charge is 1.97. The van der Waals surface area contributed by atoms with Crippen LogP contribution in [0.3, 0.4) is 0 Å². The number of allylic oxidation sites excluding steroid dienone is 1. The predicted octanol–water partition coefficient (Wildman–Crippen LogP) is 2.83. The van der Waals surface area contributed by atoms with Gasteiger partial charge >= 0.3 is 6.09 Å². The lowest BCUT2D eigenvalue weighted by Gasteiger charge is -1.99. The minimum absolute atomic E-state index is 0.509. The van der Waals surface area contributed by atoms with Crippen molar-refractivity contribution >= 4 is 17.9 Å². The Morgan fingerprint density at radius 1 is 1.37 bits per heavy atom. The molecule has 0 aliphatic rings. The summed E-state index contributed by atoms with van der Waals surface area (Å²) in [6.07, 6.45) is 3.08. The van der Waals surface area contributed by atoms with E-state index in [1.165, 1.54) is 0 Å². The molecule has 0 heterocycles. The molecule has 102 valence electrons. The number of carbonyl (C=O) groups excluding carboxylic acids is 1. The van der Waals surface area contributed by atoms with Gasteiger partial charge in [0.25, 0.3) is 0 Å². The summed E-state index contributed by atoms with van der Waals surface area (Å²) in [5.41, 5.74) is 1.61. The summed E-state index contributed by atoms with van der Waals surface area (Å²) in [6, 6.07) is 7.59. The van der Waals surface area contributed by atoms with E-state index >= 15 is 0 Å². The molecule has 0 aliphatic heterocycles. The number of oxime groups is 1. The zero-order chi connectivity index (χ0) is 14.1. The molecule has 0 saturated carbocycles. The van der Waals surface area contributed by atoms with E-state index in [4.69, 9.17) is 4.74 Å². The number of amides is 1. The lowest BCUT2D eigenvalue weighted by molar-refractivity contribution is 0.151. The van der Waals surface area contributed by atoms with Crippen molar-refractivity contribution in [3.63, 3.8) is 0 Å². The number of benzene rings is 1. The van der Waals surface area contributed by atoms with E-state index in [-0.39, 0.29) is 0 Å². The van der Waals surface area contributed by atoms with Gasteiger partial charge < -0.3 is 10.1 Å². The minimum atomic E-state index is -0.556. The summed E-state index contributed by atoms with van der Waals surface area (Å²) in [7, 11) is 1.63. The third kappa shape index (κ3) is 5.72. The average Bonchev–Trinajstić information content (AvgIpc) is 2.44. The summed E-state index contributed by atoms with van der Waals surface area (Å²) in [4.78, 5) is 15.6. The summed E-state index contributed by atoms with van der Waals surface area (Å²) in [5.74, 6) is 0.808. The number of carbonyl (C=O) groups is 1. The van der Waals surface area contributed by atoms with Crippen molar-refractivity contribution in [1.29, 1.82) is 0 Å². The molecule has 0 bridgehead atoms. The molecule has 1 amide bonds. The van der Waals surface area contributed by atoms with E-state index in [2.05, 4.69) is 15.3 Å². The van der Waals surface area contributed by atoms with E-state index in [1.54, 1.807) is 27.0 Å². The molecular weight excluding hydrogens is 244 g/mol. The number of nitrogens with zero attached hydrogens (tertiary/aromatic N) is 1. The first-order chi connectivity index (χ1) is 9.15. The predicted molar refractivity (Wildman–Crippen MR) is 75.3 cm³/mol. The Labute approximate surface area is 112 Å². The van der Waals surface area contributed by atoms with Gasteiger partial charge in [0, 0.05) is 6.54 Å². The first kappa shape index (κ1) is 14.8. The maximum absolute atomic E-state index is 11.0. The summed E-state index contributed by atoms with van der Waals surface area (Å²) in [5, 5.41) is 6.17. The summed E-state index contributed by atoms with van der Waals surface area (Å²) >= 11 is 0. The zero-order valence-electron chi connectivity index (χ0n) is 11.3. The largest absolute Gasteiger partial charge is 0.497 e. The molecule has 0 spiro atoms. The molecule has 1 aromatic rings. The molecule has 19 heavy (non-hydrogen) atoms. The number of methoxy groups -OCH3 is 1. The Morgan fingerprint density at radius 3 is 2.63 bits per heavy atom. The molecule has 1 N–H and O–H groups in total. The van der Waals surface area contributed by atoms with Gasteiger partial charge in [0.15, 0.2) is 0 Å². The molecule has 0 aromatic heterocycles. The first-order valence-electron chi connectivity index (χ1n) is 5.97. The van der Waals surface area contributed by atoms with Crippen LogP contribution in [0.15, 0.2) is 35.5 Å². The average molecular weight is 262 g/mol. The molecule has 5 nitrogen and oxygen atoms in total. The number of hydrogen-bond acceptors (Lipinski definition) is 4. The number of ether oxygens (including phenoxy) is 1. The van der Waals surface area contributed by atoms with Crippen molar-refractivity contribution < 1.29 is 14.4 Å². The number of rotatable bonds is 5. The van der Waals surface area contributed by atoms with Crippen LogP contribution in [0.5, 0.6) is 5.75 Å². The third-order valence-corrected chi connectivity index (χ3v) is 2.23. The fourth-order valence-electron chi connectivity index (χ4n) is 1.25. The number of hydrogen-bond donors (Lipinski definition) is 1. The molecule has 0 radical (unpaired) electrons. The molecular formula is C14H18N2O3. The van der Waals surface area contributed by atoms with E-state index in [0.29, 0.717) is 12.3 Å². The topological polar surface area (TPSA) is 59.9 Å². The smallest absolute Gasteiger partial charge is 0.433 e. The maximum Gasteiger partial charge on any atom is 0.433 e. The van der Waals surface area contributed by atoms with Gasteiger partial charge in [-0.3, -0.25) is 4.84 Å². The second kappa shape index (κ2) is 7.92. The van der Waals surface area contributed by atoms with Gasteiger partial charge in [-0.2, -0.15) is 0 Å². The quantitative estimate of drug-likeness (QED) is 0.504. The first-order valence-corrected chi connectivity index (χ1v) is 5.97. The fourth-order valence-corrected chi connectivity index (χ4v) is 1.25. The lowest BCUT2D eigenvalue weighted by Crippen LogP contribution is -2.22. The highest BCUT2D eigenvalue weighted by molar-refractivity contribution is 5.96. The molecule has 0 atom stereocenters. The molecule has 0 saturated heterocycles. The highest BCUT2D eigenvalue weighted by atomic mass is 16.7. The molecule has 1 aromatic carbocycles. The van der Waals surface area contributed by atoms with Crippen molar-refractivity contribution in [2.24, 2.45) is 5.16 Å². The van der Waals surface area contributed by atoms with E-state index in [1.807, 2.05) is 30.3 Å². The van der Waals surface area contributed by atoms with Gasteiger partial charge in [-0.05, 0) is 37.6 Å². The van der Waals surface area contributed by atoms with E-state index in [9.17, 15) is 4.79 Å². The number of nitrogens with one attached hydrogen (secondary N) is 1. The van der Waals surface area contributed by atoms with Gasteiger partial charge in [0.1, 0.15) is 5.75 Å². The molecule has 0 aliphatic carbocycles. The van der Waals surface area contributed by atoms with Gasteiger partial charge in [-0.15, -0.1) is 0 Å². The normalized spacial score (nSPS) is 11.4. The van der Waals surface area contributed by atoms with Crippen LogP contribution in [-0.4, -0.2) is 25.5 Å². The van der Waals surface area contributed by atoms with Gasteiger partial charge in [-0.1, -0.05) is 23.4 Å². The monoisotopic (exact) mass is 262 g/mol. The van der Waals surface area contributed by atoms with Crippen LogP contribution in [0.4, 0.5) is 4.79 Å². The van der Waals surface area contributed by atoms with Crippen LogP contribution in [0.25, 0.3) is 6.08 Å². The Hall–Kier alpha value is -2.30. The van der Waals surface area contributed by atoms with Gasteiger partial charge in [0.05, 0.1) is 12.8 Å². The van der Waals surface area contributed by atoms with Crippen LogP contribution >= 0.6 is 0 Å². The maximum atomic E-state index is 11.0. The van der Waals surface area contributed by atoms with E-state index < -0.39 is 6.09 Å². The zero-order valence-corrected chi connectivity index (χ0v) is 11.3. The fraction of sp³-hybridized carbons (Fsp3) is 0.286. The molecule has 0 unspecified atom stereocenters. The van der Waals surface area contributed by atoms with Crippen LogP contribution in [0.2, 0.25) is 0 Å².